The van der Waals surface area contributed by atoms with Crippen LogP contribution in [0.4, 0.5) is 26.3 Å². The van der Waals surface area contributed by atoms with Crippen LogP contribution < -0.4 is 0 Å². The zero-order chi connectivity index (χ0) is 13.4. The van der Waals surface area contributed by atoms with E-state index in [0.29, 0.717) is 6.07 Å². The molecule has 8 heteroatoms. The van der Waals surface area contributed by atoms with E-state index in [1.807, 2.05) is 0 Å². The topological polar surface area (TPSA) is 17.1 Å². The second-order valence-electron chi connectivity index (χ2n) is 3.01. The molecule has 0 unspecified atom stereocenters. The lowest BCUT2D eigenvalue weighted by Crippen LogP contribution is -2.26. The minimum atomic E-state index is -5.37. The van der Waals surface area contributed by atoms with Gasteiger partial charge in [0.05, 0.1) is 5.56 Å². The first-order chi connectivity index (χ1) is 7.53. The maximum Gasteiger partial charge on any atom is 0.454 e. The molecule has 0 aliphatic rings. The minimum absolute atomic E-state index is 0.278. The average Bonchev–Trinajstić information content (AvgIpc) is 2.14. The molecule has 1 rings (SSSR count). The molecule has 0 aromatic heterocycles. The summed E-state index contributed by atoms with van der Waals surface area (Å²) < 4.78 is 73.4. The highest BCUT2D eigenvalue weighted by molar-refractivity contribution is 6.30. The molecule has 0 aliphatic carbocycles. The van der Waals surface area contributed by atoms with Crippen LogP contribution in [0.5, 0.6) is 0 Å². The Balaban J connectivity index is 3.40. The third kappa shape index (κ3) is 3.12. The van der Waals surface area contributed by atoms with Crippen LogP contribution in [0.2, 0.25) is 5.02 Å². The molecule has 0 heterocycles. The largest absolute Gasteiger partial charge is 0.454 e. The molecule has 0 spiro atoms. The Bertz CT molecular complexity index is 448. The van der Waals surface area contributed by atoms with Crippen molar-refractivity contribution in [2.24, 2.45) is 0 Å². The van der Waals surface area contributed by atoms with Gasteiger partial charge in [-0.2, -0.15) is 26.3 Å². The average molecular weight is 277 g/mol. The summed E-state index contributed by atoms with van der Waals surface area (Å²) in [5.74, 6) is -2.55. The highest BCUT2D eigenvalue weighted by atomic mass is 35.5. The number of rotatable bonds is 1. The number of carbonyl (C=O) groups is 1. The van der Waals surface area contributed by atoms with Crippen LogP contribution in [0.3, 0.4) is 0 Å². The van der Waals surface area contributed by atoms with Crippen LogP contribution in [0, 0.1) is 0 Å². The van der Waals surface area contributed by atoms with Crippen LogP contribution in [-0.4, -0.2) is 12.0 Å². The van der Waals surface area contributed by atoms with E-state index >= 15 is 0 Å². The molecule has 94 valence electrons. The predicted octanol–water partition coefficient (Wildman–Crippen LogP) is 4.10. The number of hydrogen-bond acceptors (Lipinski definition) is 1. The molecule has 0 radical (unpaired) electrons. The van der Waals surface area contributed by atoms with Gasteiger partial charge in [0.1, 0.15) is 0 Å². The molecule has 0 saturated carbocycles. The Morgan fingerprint density at radius 1 is 1.06 bits per heavy atom. The third-order valence-corrected chi connectivity index (χ3v) is 2.02. The van der Waals surface area contributed by atoms with Gasteiger partial charge in [0, 0.05) is 10.6 Å². The zero-order valence-corrected chi connectivity index (χ0v) is 8.54. The Hall–Kier alpha value is -1.24. The van der Waals surface area contributed by atoms with Crippen molar-refractivity contribution in [2.75, 3.05) is 0 Å². The number of ketones is 1. The first-order valence-electron chi connectivity index (χ1n) is 4.02. The molecule has 0 N–H and O–H groups in total. The fourth-order valence-corrected chi connectivity index (χ4v) is 1.27. The fourth-order valence-electron chi connectivity index (χ4n) is 1.10. The van der Waals surface area contributed by atoms with E-state index in [1.54, 1.807) is 0 Å². The molecule has 0 aliphatic heterocycles. The quantitative estimate of drug-likeness (QED) is 0.557. The number of benzene rings is 1. The Kier molecular flexibility index (Phi) is 3.42. The molecule has 1 aromatic rings. The number of hydrogen-bond donors (Lipinski definition) is 0. The Morgan fingerprint density at radius 2 is 1.59 bits per heavy atom. The van der Waals surface area contributed by atoms with Crippen molar-refractivity contribution >= 4 is 17.4 Å². The molecule has 0 fully saturated rings. The maximum absolute atomic E-state index is 12.4. The molecule has 1 aromatic carbocycles. The number of Topliss-reactive ketones (excluding diaryl/α,β-unsaturated/α-hetero) is 1. The predicted molar refractivity (Wildman–Crippen MR) is 46.8 cm³/mol. The van der Waals surface area contributed by atoms with Crippen molar-refractivity contribution in [1.82, 2.24) is 0 Å². The van der Waals surface area contributed by atoms with E-state index in [1.165, 1.54) is 0 Å². The first-order valence-corrected chi connectivity index (χ1v) is 4.39. The van der Waals surface area contributed by atoms with E-state index < -0.39 is 34.3 Å². The van der Waals surface area contributed by atoms with Crippen LogP contribution >= 0.6 is 11.6 Å². The summed E-state index contributed by atoms with van der Waals surface area (Å²) in [5, 5.41) is -0.406. The Labute approximate surface area is 96.0 Å². The maximum atomic E-state index is 12.4. The molecule has 0 amide bonds. The smallest absolute Gasteiger partial charge is 0.284 e. The van der Waals surface area contributed by atoms with E-state index in [9.17, 15) is 31.1 Å². The van der Waals surface area contributed by atoms with Gasteiger partial charge in [0.25, 0.3) is 5.78 Å². The molecule has 0 atom stereocenters. The van der Waals surface area contributed by atoms with Gasteiger partial charge in [-0.25, -0.2) is 0 Å². The number of halogens is 7. The summed E-state index contributed by atoms with van der Waals surface area (Å²) in [6.07, 6.45) is -10.4. The third-order valence-electron chi connectivity index (χ3n) is 1.79. The summed E-state index contributed by atoms with van der Waals surface area (Å²) in [5.41, 5.74) is -3.17. The molecule has 0 bridgehead atoms. The molecule has 17 heavy (non-hydrogen) atoms. The van der Waals surface area contributed by atoms with Gasteiger partial charge >= 0.3 is 12.4 Å². The second kappa shape index (κ2) is 4.21. The van der Waals surface area contributed by atoms with Crippen LogP contribution in [0.25, 0.3) is 0 Å². The minimum Gasteiger partial charge on any atom is -0.284 e. The van der Waals surface area contributed by atoms with Crippen molar-refractivity contribution in [1.29, 1.82) is 0 Å². The molecular formula is C9H3ClF6O. The first kappa shape index (κ1) is 13.8. The van der Waals surface area contributed by atoms with Gasteiger partial charge in [-0.3, -0.25) is 4.79 Å². The van der Waals surface area contributed by atoms with Crippen molar-refractivity contribution in [3.63, 3.8) is 0 Å². The highest BCUT2D eigenvalue weighted by Gasteiger charge is 2.44. The van der Waals surface area contributed by atoms with Gasteiger partial charge in [0.2, 0.25) is 0 Å². The van der Waals surface area contributed by atoms with Crippen molar-refractivity contribution in [3.8, 4) is 0 Å². The van der Waals surface area contributed by atoms with Gasteiger partial charge in [-0.1, -0.05) is 11.6 Å². The Morgan fingerprint density at radius 3 is 2.00 bits per heavy atom. The number of carbonyl (C=O) groups excluding carboxylic acids is 1. The van der Waals surface area contributed by atoms with Crippen molar-refractivity contribution in [3.05, 3.63) is 34.3 Å². The lowest BCUT2D eigenvalue weighted by molar-refractivity contribution is -0.138. The molecule has 1 nitrogen and oxygen atoms in total. The van der Waals surface area contributed by atoms with Gasteiger partial charge in [-0.15, -0.1) is 0 Å². The lowest BCUT2D eigenvalue weighted by Gasteiger charge is -2.13. The highest BCUT2D eigenvalue weighted by Crippen LogP contribution is 2.36. The van der Waals surface area contributed by atoms with E-state index in [2.05, 4.69) is 0 Å². The van der Waals surface area contributed by atoms with Crippen LogP contribution in [-0.2, 0) is 6.18 Å². The van der Waals surface area contributed by atoms with E-state index in [0.717, 1.165) is 6.07 Å². The fraction of sp³-hybridized carbons (Fsp3) is 0.222. The second-order valence-corrected chi connectivity index (χ2v) is 3.45. The van der Waals surface area contributed by atoms with Crippen LogP contribution in [0.15, 0.2) is 18.2 Å². The van der Waals surface area contributed by atoms with Gasteiger partial charge < -0.3 is 0 Å². The lowest BCUT2D eigenvalue weighted by atomic mass is 10.0. The van der Waals surface area contributed by atoms with Crippen molar-refractivity contribution in [2.45, 2.75) is 12.4 Å². The molecule has 0 saturated heterocycles. The summed E-state index contributed by atoms with van der Waals surface area (Å²) in [6.45, 7) is 0. The zero-order valence-electron chi connectivity index (χ0n) is 7.79. The monoisotopic (exact) mass is 276 g/mol. The summed E-state index contributed by atoms with van der Waals surface area (Å²) >= 11 is 5.25. The van der Waals surface area contributed by atoms with E-state index in [-0.39, 0.29) is 6.07 Å². The standard InChI is InChI=1S/C9H3ClF6O/c10-4-1-2-5(7(17)9(14,15)16)6(3-4)8(11,12)13/h1-3H. The number of alkyl halides is 6. The molecular weight excluding hydrogens is 274 g/mol. The SMILES string of the molecule is O=C(c1ccc(Cl)cc1C(F)(F)F)C(F)(F)F. The van der Waals surface area contributed by atoms with Crippen LogP contribution in [0.1, 0.15) is 15.9 Å². The summed E-state index contributed by atoms with van der Waals surface area (Å²) in [6, 6.07) is 1.47. The summed E-state index contributed by atoms with van der Waals surface area (Å²) in [4.78, 5) is 10.8. The van der Waals surface area contributed by atoms with E-state index in [4.69, 9.17) is 11.6 Å². The van der Waals surface area contributed by atoms with Gasteiger partial charge in [-0.05, 0) is 18.2 Å². The normalized spacial score (nSPS) is 12.6. The summed E-state index contributed by atoms with van der Waals surface area (Å²) in [7, 11) is 0. The van der Waals surface area contributed by atoms with Crippen molar-refractivity contribution < 1.29 is 31.1 Å². The van der Waals surface area contributed by atoms with Gasteiger partial charge in [0.15, 0.2) is 0 Å².